The maximum Gasteiger partial charge on any atom is 0.306 e. The lowest BCUT2D eigenvalue weighted by molar-refractivity contribution is -0.149. The van der Waals surface area contributed by atoms with Crippen LogP contribution in [-0.2, 0) is 14.3 Å². The largest absolute Gasteiger partial charge is 0.481 e. The number of allylic oxidation sites excluding steroid dienone is 2. The lowest BCUT2D eigenvalue weighted by Gasteiger charge is -2.33. The molecule has 0 aromatic rings. The molecule has 2 aliphatic rings. The van der Waals surface area contributed by atoms with E-state index in [4.69, 9.17) is 9.84 Å². The fraction of sp³-hybridized carbons (Fsp3) is 0.667. The number of morpholine rings is 1. The van der Waals surface area contributed by atoms with Crippen LogP contribution in [0.25, 0.3) is 0 Å². The van der Waals surface area contributed by atoms with Gasteiger partial charge >= 0.3 is 5.97 Å². The molecule has 1 heterocycles. The molecule has 1 atom stereocenters. The first-order valence-corrected chi connectivity index (χ1v) is 5.94. The summed E-state index contributed by atoms with van der Waals surface area (Å²) in [6, 6.07) is 0. The highest BCUT2D eigenvalue weighted by Crippen LogP contribution is 2.22. The highest BCUT2D eigenvalue weighted by molar-refractivity contribution is 5.80. The molecule has 5 heteroatoms. The number of carboxylic acids is 1. The topological polar surface area (TPSA) is 66.8 Å². The molecular formula is C12H17NO4. The van der Waals surface area contributed by atoms with E-state index in [9.17, 15) is 9.59 Å². The van der Waals surface area contributed by atoms with Gasteiger partial charge in [0, 0.05) is 19.0 Å². The second kappa shape index (κ2) is 5.31. The van der Waals surface area contributed by atoms with E-state index in [1.807, 2.05) is 12.2 Å². The molecule has 1 saturated heterocycles. The number of hydrogen-bond acceptors (Lipinski definition) is 3. The number of ether oxygens (including phenoxy) is 1. The van der Waals surface area contributed by atoms with E-state index in [0.29, 0.717) is 19.7 Å². The van der Waals surface area contributed by atoms with Crippen molar-refractivity contribution < 1.29 is 19.4 Å². The molecule has 1 aliphatic heterocycles. The zero-order chi connectivity index (χ0) is 12.3. The number of rotatable bonds is 3. The molecule has 1 aliphatic carbocycles. The van der Waals surface area contributed by atoms with E-state index in [2.05, 4.69) is 0 Å². The molecule has 2 rings (SSSR count). The Morgan fingerprint density at radius 1 is 1.35 bits per heavy atom. The highest BCUT2D eigenvalue weighted by atomic mass is 16.5. The molecule has 0 saturated carbocycles. The third-order valence-electron chi connectivity index (χ3n) is 3.21. The number of carbonyl (C=O) groups excluding carboxylic acids is 1. The van der Waals surface area contributed by atoms with Gasteiger partial charge in [-0.1, -0.05) is 12.2 Å². The monoisotopic (exact) mass is 239 g/mol. The Labute approximate surface area is 100 Å². The van der Waals surface area contributed by atoms with Gasteiger partial charge in [0.15, 0.2) is 0 Å². The number of nitrogens with zero attached hydrogens (tertiary/aromatic N) is 1. The molecule has 0 aromatic heterocycles. The maximum absolute atomic E-state index is 12.1. The minimum Gasteiger partial charge on any atom is -0.481 e. The molecule has 94 valence electrons. The molecule has 17 heavy (non-hydrogen) atoms. The Morgan fingerprint density at radius 3 is 2.71 bits per heavy atom. The Hall–Kier alpha value is -1.36. The lowest BCUT2D eigenvalue weighted by atomic mass is 10.0. The molecule has 5 nitrogen and oxygen atoms in total. The predicted molar refractivity (Wildman–Crippen MR) is 60.4 cm³/mol. The van der Waals surface area contributed by atoms with Gasteiger partial charge in [-0.05, 0) is 12.8 Å². The van der Waals surface area contributed by atoms with E-state index in [-0.39, 0.29) is 24.3 Å². The van der Waals surface area contributed by atoms with Crippen LogP contribution in [0.15, 0.2) is 12.2 Å². The van der Waals surface area contributed by atoms with Crippen molar-refractivity contribution in [2.24, 2.45) is 5.92 Å². The van der Waals surface area contributed by atoms with Crippen LogP contribution in [0.3, 0.4) is 0 Å². The van der Waals surface area contributed by atoms with Crippen LogP contribution in [0.1, 0.15) is 19.3 Å². The zero-order valence-electron chi connectivity index (χ0n) is 9.67. The van der Waals surface area contributed by atoms with E-state index in [1.54, 1.807) is 4.90 Å². The first-order chi connectivity index (χ1) is 8.16. The third-order valence-corrected chi connectivity index (χ3v) is 3.21. The molecule has 0 radical (unpaired) electrons. The van der Waals surface area contributed by atoms with Crippen molar-refractivity contribution in [3.05, 3.63) is 12.2 Å². The molecule has 0 spiro atoms. The fourth-order valence-corrected chi connectivity index (χ4v) is 2.31. The predicted octanol–water partition coefficient (Wildman–Crippen LogP) is 0.655. The summed E-state index contributed by atoms with van der Waals surface area (Å²) in [5.41, 5.74) is 0. The summed E-state index contributed by atoms with van der Waals surface area (Å²) in [5, 5.41) is 8.71. The van der Waals surface area contributed by atoms with Gasteiger partial charge in [0.2, 0.25) is 5.91 Å². The lowest BCUT2D eigenvalue weighted by Crippen LogP contribution is -2.48. The number of aliphatic carboxylic acids is 1. The van der Waals surface area contributed by atoms with Crippen LogP contribution < -0.4 is 0 Å². The van der Waals surface area contributed by atoms with Gasteiger partial charge in [0.1, 0.15) is 0 Å². The second-order valence-electron chi connectivity index (χ2n) is 4.51. The Kier molecular flexibility index (Phi) is 3.78. The van der Waals surface area contributed by atoms with E-state index in [1.165, 1.54) is 0 Å². The summed E-state index contributed by atoms with van der Waals surface area (Å²) in [5.74, 6) is -0.695. The number of carboxylic acid groups (broad SMARTS) is 1. The minimum absolute atomic E-state index is 0.0350. The highest BCUT2D eigenvalue weighted by Gasteiger charge is 2.30. The Balaban J connectivity index is 1.87. The average molecular weight is 239 g/mol. The van der Waals surface area contributed by atoms with Gasteiger partial charge < -0.3 is 14.7 Å². The van der Waals surface area contributed by atoms with Crippen LogP contribution in [0.5, 0.6) is 0 Å². The summed E-state index contributed by atoms with van der Waals surface area (Å²) in [7, 11) is 0. The summed E-state index contributed by atoms with van der Waals surface area (Å²) in [6.45, 7) is 1.41. The maximum atomic E-state index is 12.1. The van der Waals surface area contributed by atoms with Gasteiger partial charge in [-0.15, -0.1) is 0 Å². The van der Waals surface area contributed by atoms with Crippen molar-refractivity contribution in [1.29, 1.82) is 0 Å². The van der Waals surface area contributed by atoms with Crippen LogP contribution in [-0.4, -0.2) is 47.7 Å². The smallest absolute Gasteiger partial charge is 0.306 e. The summed E-state index contributed by atoms with van der Waals surface area (Å²) < 4.78 is 5.34. The Bertz CT molecular complexity index is 331. The van der Waals surface area contributed by atoms with Crippen molar-refractivity contribution in [1.82, 2.24) is 4.90 Å². The Morgan fingerprint density at radius 2 is 2.06 bits per heavy atom. The molecule has 0 aromatic carbocycles. The van der Waals surface area contributed by atoms with Crippen molar-refractivity contribution in [2.75, 3.05) is 19.7 Å². The zero-order valence-corrected chi connectivity index (χ0v) is 9.67. The number of hydrogen-bond donors (Lipinski definition) is 1. The molecule has 0 bridgehead atoms. The van der Waals surface area contributed by atoms with Crippen LogP contribution in [0.2, 0.25) is 0 Å². The molecule has 1 amide bonds. The molecular weight excluding hydrogens is 222 g/mol. The normalized spacial score (nSPS) is 25.2. The first-order valence-electron chi connectivity index (χ1n) is 5.94. The van der Waals surface area contributed by atoms with Gasteiger partial charge in [-0.2, -0.15) is 0 Å². The van der Waals surface area contributed by atoms with E-state index >= 15 is 0 Å². The van der Waals surface area contributed by atoms with Crippen LogP contribution >= 0.6 is 0 Å². The summed E-state index contributed by atoms with van der Waals surface area (Å²) in [4.78, 5) is 24.5. The van der Waals surface area contributed by atoms with Crippen LogP contribution in [0.4, 0.5) is 0 Å². The van der Waals surface area contributed by atoms with Gasteiger partial charge in [-0.3, -0.25) is 9.59 Å². The summed E-state index contributed by atoms with van der Waals surface area (Å²) >= 11 is 0. The minimum atomic E-state index is -0.883. The quantitative estimate of drug-likeness (QED) is 0.734. The van der Waals surface area contributed by atoms with Gasteiger partial charge in [0.25, 0.3) is 0 Å². The first kappa shape index (κ1) is 12.1. The van der Waals surface area contributed by atoms with Crippen molar-refractivity contribution >= 4 is 11.9 Å². The number of amides is 1. The summed E-state index contributed by atoms with van der Waals surface area (Å²) in [6.07, 6.45) is 5.27. The number of carbonyl (C=O) groups is 2. The second-order valence-corrected chi connectivity index (χ2v) is 4.51. The molecule has 0 unspecified atom stereocenters. The van der Waals surface area contributed by atoms with Gasteiger partial charge in [0.05, 0.1) is 19.1 Å². The van der Waals surface area contributed by atoms with Crippen LogP contribution in [0, 0.1) is 5.92 Å². The third kappa shape index (κ3) is 3.06. The average Bonchev–Trinajstić information content (AvgIpc) is 2.81. The van der Waals surface area contributed by atoms with E-state index < -0.39 is 5.97 Å². The van der Waals surface area contributed by atoms with Crippen molar-refractivity contribution in [3.8, 4) is 0 Å². The van der Waals surface area contributed by atoms with E-state index in [0.717, 1.165) is 12.8 Å². The van der Waals surface area contributed by atoms with Crippen molar-refractivity contribution in [3.63, 3.8) is 0 Å². The molecule has 1 fully saturated rings. The van der Waals surface area contributed by atoms with Gasteiger partial charge in [-0.25, -0.2) is 0 Å². The molecule has 1 N–H and O–H groups in total. The SMILES string of the molecule is O=C(O)C[C@@H]1CN(C(=O)C2CC=CC2)CCO1. The fourth-order valence-electron chi connectivity index (χ4n) is 2.31. The standard InChI is InChI=1S/C12H17NO4/c14-11(15)7-10-8-13(5-6-17-10)12(16)9-3-1-2-4-9/h1-2,9-10H,3-8H2,(H,14,15)/t10-/m1/s1. The van der Waals surface area contributed by atoms with Crippen molar-refractivity contribution in [2.45, 2.75) is 25.4 Å².